The van der Waals surface area contributed by atoms with Crippen LogP contribution in [0.1, 0.15) is 41.7 Å². The van der Waals surface area contributed by atoms with E-state index < -0.39 is 5.82 Å². The smallest absolute Gasteiger partial charge is 0.318 e. The van der Waals surface area contributed by atoms with Gasteiger partial charge in [0, 0.05) is 31.7 Å². The van der Waals surface area contributed by atoms with Crippen molar-refractivity contribution in [1.29, 1.82) is 0 Å². The number of hydrogen-bond donors (Lipinski definition) is 1. The van der Waals surface area contributed by atoms with Crippen LogP contribution < -0.4 is 19.7 Å². The fraction of sp³-hybridized carbons (Fsp3) is 0.440. The van der Waals surface area contributed by atoms with E-state index in [0.717, 1.165) is 29.9 Å². The van der Waals surface area contributed by atoms with Gasteiger partial charge in [-0.15, -0.1) is 0 Å². The number of halogens is 1. The van der Waals surface area contributed by atoms with Gasteiger partial charge in [0.25, 0.3) is 0 Å². The normalized spacial score (nSPS) is 18.6. The highest BCUT2D eigenvalue weighted by Gasteiger charge is 2.35. The van der Waals surface area contributed by atoms with E-state index in [1.165, 1.54) is 13.0 Å². The van der Waals surface area contributed by atoms with Gasteiger partial charge in [0.2, 0.25) is 0 Å². The maximum Gasteiger partial charge on any atom is 0.318 e. The highest BCUT2D eigenvalue weighted by molar-refractivity contribution is 5.94. The quantitative estimate of drug-likeness (QED) is 0.698. The first kappa shape index (κ1) is 21.6. The third-order valence-electron chi connectivity index (χ3n) is 6.56. The van der Waals surface area contributed by atoms with Crippen LogP contribution in [0.5, 0.6) is 11.5 Å². The number of anilines is 1. The molecular formula is C25H28FN3O4. The van der Waals surface area contributed by atoms with E-state index in [1.54, 1.807) is 17.0 Å². The van der Waals surface area contributed by atoms with E-state index in [4.69, 9.17) is 9.47 Å². The monoisotopic (exact) mass is 453 g/mol. The molecule has 5 rings (SSSR count). The molecule has 0 spiro atoms. The maximum atomic E-state index is 14.5. The van der Waals surface area contributed by atoms with Crippen LogP contribution in [0, 0.1) is 11.7 Å². The van der Waals surface area contributed by atoms with Crippen LogP contribution in [-0.4, -0.2) is 56.1 Å². The Hall–Kier alpha value is -3.29. The molecule has 1 aliphatic carbocycles. The molecule has 0 aromatic heterocycles. The highest BCUT2D eigenvalue weighted by atomic mass is 19.1. The third-order valence-corrected chi connectivity index (χ3v) is 6.56. The molecule has 7 nitrogen and oxygen atoms in total. The van der Waals surface area contributed by atoms with E-state index in [-0.39, 0.29) is 17.9 Å². The molecule has 2 heterocycles. The fourth-order valence-electron chi connectivity index (χ4n) is 4.51. The van der Waals surface area contributed by atoms with Crippen molar-refractivity contribution in [2.45, 2.75) is 25.8 Å². The number of rotatable bonds is 5. The number of amides is 2. The average molecular weight is 454 g/mol. The number of ketones is 1. The van der Waals surface area contributed by atoms with Gasteiger partial charge in [0.15, 0.2) is 17.3 Å². The first-order chi connectivity index (χ1) is 16.0. The van der Waals surface area contributed by atoms with Gasteiger partial charge in [-0.3, -0.25) is 4.79 Å². The maximum absolute atomic E-state index is 14.5. The molecule has 1 N–H and O–H groups in total. The van der Waals surface area contributed by atoms with Crippen LogP contribution >= 0.6 is 0 Å². The Bertz CT molecular complexity index is 1060. The average Bonchev–Trinajstić information content (AvgIpc) is 3.67. The number of piperazine rings is 1. The van der Waals surface area contributed by atoms with Crippen molar-refractivity contribution in [2.24, 2.45) is 5.92 Å². The number of nitrogens with zero attached hydrogens (tertiary/aromatic N) is 2. The highest BCUT2D eigenvalue weighted by Crippen LogP contribution is 2.43. The van der Waals surface area contributed by atoms with Crippen molar-refractivity contribution in [3.63, 3.8) is 0 Å². The Labute approximate surface area is 192 Å². The fourth-order valence-corrected chi connectivity index (χ4v) is 4.51. The summed E-state index contributed by atoms with van der Waals surface area (Å²) in [6, 6.07) is 10.3. The molecule has 2 aromatic rings. The molecule has 0 bridgehead atoms. The van der Waals surface area contributed by atoms with Crippen molar-refractivity contribution in [3.05, 3.63) is 53.3 Å². The molecule has 1 unspecified atom stereocenters. The Kier molecular flexibility index (Phi) is 5.83. The summed E-state index contributed by atoms with van der Waals surface area (Å²) in [5, 5.41) is 3.22. The number of benzene rings is 2. The van der Waals surface area contributed by atoms with Crippen LogP contribution in [-0.2, 0) is 0 Å². The van der Waals surface area contributed by atoms with Gasteiger partial charge >= 0.3 is 6.03 Å². The number of carbonyl (C=O) groups excluding carboxylic acids is 2. The lowest BCUT2D eigenvalue weighted by Crippen LogP contribution is -2.52. The summed E-state index contributed by atoms with van der Waals surface area (Å²) in [6.07, 6.45) is 2.17. The van der Waals surface area contributed by atoms with Crippen LogP contribution in [0.2, 0.25) is 0 Å². The van der Waals surface area contributed by atoms with Gasteiger partial charge in [0.05, 0.1) is 11.7 Å². The Morgan fingerprint density at radius 2 is 1.73 bits per heavy atom. The van der Waals surface area contributed by atoms with Crippen molar-refractivity contribution >= 4 is 17.5 Å². The summed E-state index contributed by atoms with van der Waals surface area (Å²) >= 11 is 0. The van der Waals surface area contributed by atoms with Gasteiger partial charge in [-0.25, -0.2) is 9.18 Å². The Balaban J connectivity index is 1.22. The van der Waals surface area contributed by atoms with Crippen molar-refractivity contribution in [1.82, 2.24) is 10.2 Å². The van der Waals surface area contributed by atoms with Gasteiger partial charge in [-0.1, -0.05) is 6.07 Å². The Morgan fingerprint density at radius 1 is 1.00 bits per heavy atom. The molecule has 8 heteroatoms. The van der Waals surface area contributed by atoms with Crippen molar-refractivity contribution in [2.75, 3.05) is 44.3 Å². The first-order valence-corrected chi connectivity index (χ1v) is 11.5. The second-order valence-electron chi connectivity index (χ2n) is 8.86. The van der Waals surface area contributed by atoms with Crippen molar-refractivity contribution in [3.8, 4) is 11.5 Å². The van der Waals surface area contributed by atoms with Gasteiger partial charge in [0.1, 0.15) is 19.0 Å². The molecular weight excluding hydrogens is 425 g/mol. The SMILES string of the molecule is CC(=O)c1ccc(N2CCN(C(=O)NC(c3ccc4c(c3)OCCO4)C3CC3)CC2)c(F)c1. The predicted molar refractivity (Wildman–Crippen MR) is 122 cm³/mol. The number of nitrogens with one attached hydrogen (secondary N) is 1. The number of ether oxygens (including phenoxy) is 2. The van der Waals surface area contributed by atoms with Crippen LogP contribution in [0.15, 0.2) is 36.4 Å². The standard InChI is InChI=1S/C25H28FN3O4/c1-16(30)18-4-6-21(20(26)14-18)28-8-10-29(11-9-28)25(31)27-24(17-2-3-17)19-5-7-22-23(15-19)33-13-12-32-22/h4-7,14-15,17,24H,2-3,8-13H2,1H3,(H,27,31). The summed E-state index contributed by atoms with van der Waals surface area (Å²) < 4.78 is 25.9. The minimum Gasteiger partial charge on any atom is -0.486 e. The van der Waals surface area contributed by atoms with Crippen LogP contribution in [0.3, 0.4) is 0 Å². The lowest BCUT2D eigenvalue weighted by Gasteiger charge is -2.37. The van der Waals surface area contributed by atoms with Gasteiger partial charge < -0.3 is 24.6 Å². The molecule has 2 fully saturated rings. The lowest BCUT2D eigenvalue weighted by molar-refractivity contribution is 0.101. The van der Waals surface area contributed by atoms with Crippen LogP contribution in [0.25, 0.3) is 0 Å². The summed E-state index contributed by atoms with van der Waals surface area (Å²) in [6.45, 7) is 4.55. The molecule has 1 saturated heterocycles. The van der Waals surface area contributed by atoms with E-state index in [1.807, 2.05) is 23.1 Å². The molecule has 33 heavy (non-hydrogen) atoms. The molecule has 2 amide bonds. The predicted octanol–water partition coefficient (Wildman–Crippen LogP) is 3.78. The topological polar surface area (TPSA) is 71.1 Å². The molecule has 0 radical (unpaired) electrons. The second kappa shape index (κ2) is 8.92. The number of Topliss-reactive ketones (excluding diaryl/α,β-unsaturated/α-hetero) is 1. The van der Waals surface area contributed by atoms with Crippen LogP contribution in [0.4, 0.5) is 14.9 Å². The molecule has 3 aliphatic rings. The zero-order valence-corrected chi connectivity index (χ0v) is 18.7. The number of fused-ring (bicyclic) bond motifs is 1. The largest absolute Gasteiger partial charge is 0.486 e. The molecule has 1 atom stereocenters. The summed E-state index contributed by atoms with van der Waals surface area (Å²) in [5.74, 6) is 1.32. The summed E-state index contributed by atoms with van der Waals surface area (Å²) in [5.41, 5.74) is 1.85. The Morgan fingerprint density at radius 3 is 2.39 bits per heavy atom. The molecule has 1 saturated carbocycles. The number of urea groups is 1. The molecule has 174 valence electrons. The number of hydrogen-bond acceptors (Lipinski definition) is 5. The van der Waals surface area contributed by atoms with E-state index in [2.05, 4.69) is 5.32 Å². The van der Waals surface area contributed by atoms with E-state index >= 15 is 0 Å². The van der Waals surface area contributed by atoms with Gasteiger partial charge in [-0.2, -0.15) is 0 Å². The minimum absolute atomic E-state index is 0.0667. The first-order valence-electron chi connectivity index (χ1n) is 11.5. The van der Waals surface area contributed by atoms with Gasteiger partial charge in [-0.05, 0) is 61.6 Å². The zero-order valence-electron chi connectivity index (χ0n) is 18.7. The zero-order chi connectivity index (χ0) is 22.9. The molecule has 2 aromatic carbocycles. The number of carbonyl (C=O) groups is 2. The van der Waals surface area contributed by atoms with Crippen molar-refractivity contribution < 1.29 is 23.5 Å². The van der Waals surface area contributed by atoms with E-state index in [0.29, 0.717) is 56.6 Å². The lowest BCUT2D eigenvalue weighted by atomic mass is 10.0. The van der Waals surface area contributed by atoms with E-state index in [9.17, 15) is 14.0 Å². The minimum atomic E-state index is -0.409. The summed E-state index contributed by atoms with van der Waals surface area (Å²) in [7, 11) is 0. The molecule has 2 aliphatic heterocycles. The summed E-state index contributed by atoms with van der Waals surface area (Å²) in [4.78, 5) is 28.2. The second-order valence-corrected chi connectivity index (χ2v) is 8.86. The third kappa shape index (κ3) is 4.60.